The fourth-order valence-corrected chi connectivity index (χ4v) is 2.66. The Balaban J connectivity index is 2.35. The minimum atomic E-state index is 0.117. The molecule has 2 rings (SSSR count). The van der Waals surface area contributed by atoms with Crippen LogP contribution in [-0.2, 0) is 0 Å². The van der Waals surface area contributed by atoms with E-state index < -0.39 is 0 Å². The van der Waals surface area contributed by atoms with Crippen LogP contribution in [0.15, 0.2) is 0 Å². The lowest BCUT2D eigenvalue weighted by atomic mass is 10.2. The van der Waals surface area contributed by atoms with Gasteiger partial charge in [-0.15, -0.1) is 0 Å². The Bertz CT molecular complexity index is 451. The number of rotatable bonds is 7. The number of hydrogen-bond donors (Lipinski definition) is 2. The summed E-state index contributed by atoms with van der Waals surface area (Å²) in [5.41, 5.74) is 0. The van der Waals surface area contributed by atoms with Crippen LogP contribution in [0, 0.1) is 0 Å². The number of nitrogens with one attached hydrogen (secondary N) is 1. The zero-order chi connectivity index (χ0) is 15.2. The minimum absolute atomic E-state index is 0.117. The molecule has 2 heterocycles. The van der Waals surface area contributed by atoms with Gasteiger partial charge in [0.05, 0.1) is 12.6 Å². The summed E-state index contributed by atoms with van der Waals surface area (Å²) in [6, 6.07) is 0.117. The zero-order valence-corrected chi connectivity index (χ0v) is 13.2. The van der Waals surface area contributed by atoms with Gasteiger partial charge in [-0.25, -0.2) is 0 Å². The second-order valence-electron chi connectivity index (χ2n) is 5.13. The topological polar surface area (TPSA) is 77.4 Å². The maximum Gasteiger partial charge on any atom is 0.232 e. The lowest BCUT2D eigenvalue weighted by Gasteiger charge is -2.25. The third-order valence-electron chi connectivity index (χ3n) is 3.84. The summed E-state index contributed by atoms with van der Waals surface area (Å²) in [7, 11) is 0. The largest absolute Gasteiger partial charge is 0.394 e. The summed E-state index contributed by atoms with van der Waals surface area (Å²) < 4.78 is 0. The van der Waals surface area contributed by atoms with E-state index in [1.165, 1.54) is 0 Å². The summed E-state index contributed by atoms with van der Waals surface area (Å²) in [5.74, 6) is 1.97. The number of aliphatic hydroxyl groups excluding tert-OH is 1. The molecular formula is C14H26N6O. The third-order valence-corrected chi connectivity index (χ3v) is 3.84. The van der Waals surface area contributed by atoms with Crippen LogP contribution in [0.4, 0.5) is 17.8 Å². The highest BCUT2D eigenvalue weighted by atomic mass is 16.3. The molecule has 1 aromatic heterocycles. The summed E-state index contributed by atoms with van der Waals surface area (Å²) in [5, 5.41) is 12.7. The first-order chi connectivity index (χ1) is 10.2. The van der Waals surface area contributed by atoms with E-state index in [2.05, 4.69) is 43.9 Å². The van der Waals surface area contributed by atoms with Crippen LogP contribution in [-0.4, -0.2) is 58.9 Å². The van der Waals surface area contributed by atoms with Crippen LogP contribution in [0.2, 0.25) is 0 Å². The van der Waals surface area contributed by atoms with Crippen LogP contribution < -0.4 is 15.1 Å². The quantitative estimate of drug-likeness (QED) is 0.780. The van der Waals surface area contributed by atoms with Gasteiger partial charge in [0, 0.05) is 26.2 Å². The molecule has 7 nitrogen and oxygen atoms in total. The van der Waals surface area contributed by atoms with Crippen molar-refractivity contribution in [2.24, 2.45) is 0 Å². The molecule has 1 aliphatic rings. The maximum absolute atomic E-state index is 9.50. The SMILES string of the molecule is CCNc1nc(N(CC)CC)nc(N2CCCC2CO)n1. The van der Waals surface area contributed by atoms with Crippen molar-refractivity contribution in [1.82, 2.24) is 15.0 Å². The number of aliphatic hydroxyl groups is 1. The molecule has 1 aromatic rings. The first kappa shape index (κ1) is 15.8. The highest BCUT2D eigenvalue weighted by Crippen LogP contribution is 2.24. The molecule has 0 aliphatic carbocycles. The van der Waals surface area contributed by atoms with Crippen LogP contribution in [0.5, 0.6) is 0 Å². The van der Waals surface area contributed by atoms with Gasteiger partial charge in [0.2, 0.25) is 17.8 Å². The van der Waals surface area contributed by atoms with Gasteiger partial charge in [-0.3, -0.25) is 0 Å². The van der Waals surface area contributed by atoms with Gasteiger partial charge in [-0.1, -0.05) is 0 Å². The van der Waals surface area contributed by atoms with E-state index in [1.807, 2.05) is 6.92 Å². The Hall–Kier alpha value is -1.63. The highest BCUT2D eigenvalue weighted by molar-refractivity contribution is 5.46. The van der Waals surface area contributed by atoms with Crippen molar-refractivity contribution in [3.8, 4) is 0 Å². The normalized spacial score (nSPS) is 18.1. The fraction of sp³-hybridized carbons (Fsp3) is 0.786. The van der Waals surface area contributed by atoms with Crippen molar-refractivity contribution >= 4 is 17.8 Å². The van der Waals surface area contributed by atoms with E-state index >= 15 is 0 Å². The molecule has 0 bridgehead atoms. The van der Waals surface area contributed by atoms with Crippen LogP contribution in [0.25, 0.3) is 0 Å². The average Bonchev–Trinajstić information content (AvgIpc) is 2.97. The van der Waals surface area contributed by atoms with E-state index in [-0.39, 0.29) is 12.6 Å². The van der Waals surface area contributed by atoms with Crippen LogP contribution in [0.3, 0.4) is 0 Å². The monoisotopic (exact) mass is 294 g/mol. The average molecular weight is 294 g/mol. The molecular weight excluding hydrogens is 268 g/mol. The van der Waals surface area contributed by atoms with E-state index in [9.17, 15) is 5.11 Å². The molecule has 1 saturated heterocycles. The van der Waals surface area contributed by atoms with Gasteiger partial charge in [-0.05, 0) is 33.6 Å². The summed E-state index contributed by atoms with van der Waals surface area (Å²) >= 11 is 0. The molecule has 7 heteroatoms. The predicted molar refractivity (Wildman–Crippen MR) is 85.0 cm³/mol. The van der Waals surface area contributed by atoms with Crippen molar-refractivity contribution in [3.63, 3.8) is 0 Å². The lowest BCUT2D eigenvalue weighted by Crippen LogP contribution is -2.34. The van der Waals surface area contributed by atoms with Gasteiger partial charge in [0.25, 0.3) is 0 Å². The van der Waals surface area contributed by atoms with E-state index in [1.54, 1.807) is 0 Å². The fourth-order valence-electron chi connectivity index (χ4n) is 2.66. The van der Waals surface area contributed by atoms with Crippen molar-refractivity contribution in [2.45, 2.75) is 39.7 Å². The Kier molecular flexibility index (Phi) is 5.55. The summed E-state index contributed by atoms with van der Waals surface area (Å²) in [6.07, 6.45) is 2.05. The van der Waals surface area contributed by atoms with E-state index in [0.29, 0.717) is 17.8 Å². The number of anilines is 3. The molecule has 1 atom stereocenters. The molecule has 0 radical (unpaired) electrons. The van der Waals surface area contributed by atoms with Gasteiger partial charge >= 0.3 is 0 Å². The standard InChI is InChI=1S/C14H26N6O/c1-4-15-12-16-13(19(5-2)6-3)18-14(17-12)20-9-7-8-11(20)10-21/h11,21H,4-10H2,1-3H3,(H,15,16,17,18). The number of nitrogens with zero attached hydrogens (tertiary/aromatic N) is 5. The molecule has 21 heavy (non-hydrogen) atoms. The smallest absolute Gasteiger partial charge is 0.232 e. The molecule has 0 saturated carbocycles. The van der Waals surface area contributed by atoms with Gasteiger partial charge in [0.15, 0.2) is 0 Å². The Morgan fingerprint density at radius 1 is 1.24 bits per heavy atom. The zero-order valence-electron chi connectivity index (χ0n) is 13.2. The number of aromatic nitrogens is 3. The number of hydrogen-bond acceptors (Lipinski definition) is 7. The molecule has 1 aliphatic heterocycles. The Morgan fingerprint density at radius 3 is 2.62 bits per heavy atom. The molecule has 0 aromatic carbocycles. The third kappa shape index (κ3) is 3.53. The predicted octanol–water partition coefficient (Wildman–Crippen LogP) is 1.11. The maximum atomic E-state index is 9.50. The summed E-state index contributed by atoms with van der Waals surface area (Å²) in [4.78, 5) is 17.8. The van der Waals surface area contributed by atoms with Crippen molar-refractivity contribution in [1.29, 1.82) is 0 Å². The first-order valence-electron chi connectivity index (χ1n) is 7.85. The first-order valence-corrected chi connectivity index (χ1v) is 7.85. The molecule has 0 amide bonds. The van der Waals surface area contributed by atoms with Crippen molar-refractivity contribution in [3.05, 3.63) is 0 Å². The van der Waals surface area contributed by atoms with Gasteiger partial charge in [0.1, 0.15) is 0 Å². The molecule has 1 fully saturated rings. The van der Waals surface area contributed by atoms with Crippen molar-refractivity contribution < 1.29 is 5.11 Å². The van der Waals surface area contributed by atoms with Gasteiger partial charge < -0.3 is 20.2 Å². The minimum Gasteiger partial charge on any atom is -0.394 e. The van der Waals surface area contributed by atoms with Crippen molar-refractivity contribution in [2.75, 3.05) is 47.9 Å². The highest BCUT2D eigenvalue weighted by Gasteiger charge is 2.27. The molecule has 1 unspecified atom stereocenters. The van der Waals surface area contributed by atoms with E-state index in [4.69, 9.17) is 0 Å². The molecule has 0 spiro atoms. The van der Waals surface area contributed by atoms with Gasteiger partial charge in [-0.2, -0.15) is 15.0 Å². The second-order valence-corrected chi connectivity index (χ2v) is 5.13. The Labute approximate surface area is 126 Å². The molecule has 2 N–H and O–H groups in total. The Morgan fingerprint density at radius 2 is 2.00 bits per heavy atom. The van der Waals surface area contributed by atoms with Crippen LogP contribution in [0.1, 0.15) is 33.6 Å². The molecule has 118 valence electrons. The van der Waals surface area contributed by atoms with E-state index in [0.717, 1.165) is 39.0 Å². The summed E-state index contributed by atoms with van der Waals surface area (Å²) in [6.45, 7) is 9.71. The lowest BCUT2D eigenvalue weighted by molar-refractivity contribution is 0.265. The second kappa shape index (κ2) is 7.40. The van der Waals surface area contributed by atoms with Crippen LogP contribution >= 0.6 is 0 Å².